The van der Waals surface area contributed by atoms with E-state index in [1.165, 1.54) is 12.1 Å². The van der Waals surface area contributed by atoms with Crippen molar-refractivity contribution >= 4 is 34.0 Å². The Labute approximate surface area is 138 Å². The first kappa shape index (κ1) is 17.5. The van der Waals surface area contributed by atoms with Crippen LogP contribution in [0.25, 0.3) is 0 Å². The Balaban J connectivity index is 2.24. The number of hydrogen-bond acceptors (Lipinski definition) is 5. The monoisotopic (exact) mass is 365 g/mol. The minimum absolute atomic E-state index is 0.0926. The second-order valence-corrected chi connectivity index (χ2v) is 6.03. The van der Waals surface area contributed by atoms with Crippen molar-refractivity contribution in [2.24, 2.45) is 0 Å². The lowest BCUT2D eigenvalue weighted by molar-refractivity contribution is -0.138. The van der Waals surface area contributed by atoms with Crippen LogP contribution in [-0.2, 0) is 6.18 Å². The molecule has 0 fully saturated rings. The highest BCUT2D eigenvalue weighted by atomic mass is 35.5. The van der Waals surface area contributed by atoms with Crippen molar-refractivity contribution in [3.05, 3.63) is 33.8 Å². The maximum absolute atomic E-state index is 12.5. The third-order valence-corrected chi connectivity index (χ3v) is 3.63. The summed E-state index contributed by atoms with van der Waals surface area (Å²) in [6, 6.07) is 4.53. The second kappa shape index (κ2) is 6.71. The Bertz CT molecular complexity index is 719. The number of anilines is 1. The van der Waals surface area contributed by atoms with Gasteiger partial charge in [0.25, 0.3) is 5.91 Å². The molecule has 2 aromatic rings. The summed E-state index contributed by atoms with van der Waals surface area (Å²) in [4.78, 5) is 12.2. The molecule has 0 atom stereocenters. The number of hydrogen-bond donors (Lipinski definition) is 1. The molecule has 0 spiro atoms. The summed E-state index contributed by atoms with van der Waals surface area (Å²) in [5.41, 5.74) is 0.0926. The van der Waals surface area contributed by atoms with Crippen LogP contribution >= 0.6 is 22.9 Å². The van der Waals surface area contributed by atoms with E-state index in [2.05, 4.69) is 15.5 Å². The first-order chi connectivity index (χ1) is 10.7. The fourth-order valence-corrected chi connectivity index (χ4v) is 2.42. The van der Waals surface area contributed by atoms with Gasteiger partial charge < -0.3 is 4.74 Å². The molecule has 0 bridgehead atoms. The molecule has 1 amide bonds. The van der Waals surface area contributed by atoms with E-state index in [0.29, 0.717) is 0 Å². The maximum Gasteiger partial charge on any atom is 0.445 e. The average Bonchev–Trinajstić information content (AvgIpc) is 2.89. The third-order valence-electron chi connectivity index (χ3n) is 2.45. The number of nitrogens with one attached hydrogen (secondary N) is 1. The topological polar surface area (TPSA) is 64.1 Å². The van der Waals surface area contributed by atoms with Crippen LogP contribution in [0.2, 0.25) is 5.02 Å². The minimum Gasteiger partial charge on any atom is -0.489 e. The van der Waals surface area contributed by atoms with Crippen LogP contribution in [0, 0.1) is 0 Å². The number of carbonyl (C=O) groups is 1. The normalized spacial score (nSPS) is 11.6. The van der Waals surface area contributed by atoms with Gasteiger partial charge in [0.05, 0.1) is 16.7 Å². The largest absolute Gasteiger partial charge is 0.489 e. The van der Waals surface area contributed by atoms with E-state index in [4.69, 9.17) is 16.3 Å². The fraction of sp³-hybridized carbons (Fsp3) is 0.308. The highest BCUT2D eigenvalue weighted by Crippen LogP contribution is 2.34. The van der Waals surface area contributed by atoms with Crippen molar-refractivity contribution in [2.45, 2.75) is 26.1 Å². The summed E-state index contributed by atoms with van der Waals surface area (Å²) < 4.78 is 42.9. The van der Waals surface area contributed by atoms with E-state index in [1.807, 2.05) is 0 Å². The summed E-state index contributed by atoms with van der Waals surface area (Å²) in [6.45, 7) is 3.51. The van der Waals surface area contributed by atoms with Gasteiger partial charge in [0.1, 0.15) is 0 Å². The van der Waals surface area contributed by atoms with Crippen molar-refractivity contribution in [2.75, 3.05) is 5.32 Å². The van der Waals surface area contributed by atoms with E-state index in [0.717, 1.165) is 0 Å². The van der Waals surface area contributed by atoms with Crippen LogP contribution < -0.4 is 10.1 Å². The van der Waals surface area contributed by atoms with Crippen molar-refractivity contribution in [3.63, 3.8) is 0 Å². The Hall–Kier alpha value is -1.87. The molecule has 0 saturated heterocycles. The van der Waals surface area contributed by atoms with Crippen LogP contribution in [0.1, 0.15) is 29.2 Å². The zero-order valence-corrected chi connectivity index (χ0v) is 13.5. The van der Waals surface area contributed by atoms with Crippen LogP contribution in [0.5, 0.6) is 5.75 Å². The van der Waals surface area contributed by atoms with E-state index >= 15 is 0 Å². The standard InChI is InChI=1S/C13H11ClF3N3O2S/c1-6(2)22-9-7(4-3-5-8(9)14)10(21)18-12-20-19-11(23-12)13(15,16)17/h3-6H,1-2H3,(H,18,20,21). The van der Waals surface area contributed by atoms with E-state index < -0.39 is 17.1 Å². The molecule has 2 rings (SSSR count). The van der Waals surface area contributed by atoms with Gasteiger partial charge in [-0.05, 0) is 26.0 Å². The highest BCUT2D eigenvalue weighted by Gasteiger charge is 2.36. The van der Waals surface area contributed by atoms with E-state index in [-0.39, 0.29) is 38.9 Å². The van der Waals surface area contributed by atoms with Gasteiger partial charge >= 0.3 is 6.18 Å². The van der Waals surface area contributed by atoms with Crippen LogP contribution in [-0.4, -0.2) is 22.2 Å². The summed E-state index contributed by atoms with van der Waals surface area (Å²) in [6.07, 6.45) is -4.84. The second-order valence-electron chi connectivity index (χ2n) is 4.65. The molecule has 0 aliphatic carbocycles. The van der Waals surface area contributed by atoms with Crippen LogP contribution in [0.4, 0.5) is 18.3 Å². The Morgan fingerprint density at radius 1 is 1.35 bits per heavy atom. The maximum atomic E-state index is 12.5. The fourth-order valence-electron chi connectivity index (χ4n) is 1.60. The molecule has 23 heavy (non-hydrogen) atoms. The Kier molecular flexibility index (Phi) is 5.10. The molecule has 1 heterocycles. The SMILES string of the molecule is CC(C)Oc1c(Cl)cccc1C(=O)Nc1nnc(C(F)(F)F)s1. The van der Waals surface area contributed by atoms with Crippen LogP contribution in [0.3, 0.4) is 0 Å². The van der Waals surface area contributed by atoms with Gasteiger partial charge in [0, 0.05) is 0 Å². The molecule has 1 N–H and O–H groups in total. The average molecular weight is 366 g/mol. The number of ether oxygens (including phenoxy) is 1. The van der Waals surface area contributed by atoms with E-state index in [9.17, 15) is 18.0 Å². The third kappa shape index (κ3) is 4.32. The van der Waals surface area contributed by atoms with Gasteiger partial charge in [-0.3, -0.25) is 10.1 Å². The van der Waals surface area contributed by atoms with Crippen molar-refractivity contribution in [1.29, 1.82) is 0 Å². The molecule has 0 saturated carbocycles. The van der Waals surface area contributed by atoms with Gasteiger partial charge in [-0.15, -0.1) is 10.2 Å². The van der Waals surface area contributed by atoms with Crippen molar-refractivity contribution in [3.8, 4) is 5.75 Å². The zero-order valence-electron chi connectivity index (χ0n) is 11.9. The molecule has 124 valence electrons. The summed E-state index contributed by atoms with van der Waals surface area (Å²) in [7, 11) is 0. The molecule has 0 aliphatic heterocycles. The molecular formula is C13H11ClF3N3O2S. The summed E-state index contributed by atoms with van der Waals surface area (Å²) in [5.74, 6) is -0.532. The first-order valence-corrected chi connectivity index (χ1v) is 7.55. The predicted molar refractivity (Wildman–Crippen MR) is 80.1 cm³/mol. The van der Waals surface area contributed by atoms with Crippen LogP contribution in [0.15, 0.2) is 18.2 Å². The van der Waals surface area contributed by atoms with Gasteiger partial charge in [0.15, 0.2) is 5.75 Å². The number of halogens is 4. The molecule has 0 aliphatic rings. The Morgan fingerprint density at radius 2 is 2.04 bits per heavy atom. The highest BCUT2D eigenvalue weighted by molar-refractivity contribution is 7.15. The van der Waals surface area contributed by atoms with Crippen molar-refractivity contribution < 1.29 is 22.7 Å². The lowest BCUT2D eigenvalue weighted by Crippen LogP contribution is -2.16. The number of rotatable bonds is 4. The number of para-hydroxylation sites is 1. The lowest BCUT2D eigenvalue weighted by Gasteiger charge is -2.15. The lowest BCUT2D eigenvalue weighted by atomic mass is 10.2. The summed E-state index contributed by atoms with van der Waals surface area (Å²) in [5, 5.41) is 7.37. The number of alkyl halides is 3. The van der Waals surface area contributed by atoms with Gasteiger partial charge in [0.2, 0.25) is 10.1 Å². The predicted octanol–water partition coefficient (Wildman–Crippen LogP) is 4.25. The smallest absolute Gasteiger partial charge is 0.445 e. The number of aromatic nitrogens is 2. The molecule has 0 radical (unpaired) electrons. The quantitative estimate of drug-likeness (QED) is 0.879. The summed E-state index contributed by atoms with van der Waals surface area (Å²) >= 11 is 6.24. The number of carbonyl (C=O) groups excluding carboxylic acids is 1. The van der Waals surface area contributed by atoms with Crippen molar-refractivity contribution in [1.82, 2.24) is 10.2 Å². The molecule has 5 nitrogen and oxygen atoms in total. The van der Waals surface area contributed by atoms with Gasteiger partial charge in [-0.25, -0.2) is 0 Å². The molecule has 10 heteroatoms. The molecular weight excluding hydrogens is 355 g/mol. The zero-order chi connectivity index (χ0) is 17.2. The number of nitrogens with zero attached hydrogens (tertiary/aromatic N) is 2. The van der Waals surface area contributed by atoms with E-state index in [1.54, 1.807) is 19.9 Å². The Morgan fingerprint density at radius 3 is 2.61 bits per heavy atom. The molecule has 1 aromatic heterocycles. The van der Waals surface area contributed by atoms with Gasteiger partial charge in [-0.2, -0.15) is 13.2 Å². The number of amides is 1. The van der Waals surface area contributed by atoms with Gasteiger partial charge in [-0.1, -0.05) is 29.0 Å². The molecule has 0 unspecified atom stereocenters. The molecule has 1 aromatic carbocycles. The number of benzene rings is 1. The first-order valence-electron chi connectivity index (χ1n) is 6.35. The minimum atomic E-state index is -4.61.